The van der Waals surface area contributed by atoms with Gasteiger partial charge in [0.15, 0.2) is 0 Å². The largest absolute Gasteiger partial charge is 0.391 e. The van der Waals surface area contributed by atoms with E-state index in [1.165, 1.54) is 4.90 Å². The Morgan fingerprint density at radius 3 is 2.16 bits per heavy atom. The first-order valence-electron chi connectivity index (χ1n) is 6.33. The fraction of sp³-hybridized carbons (Fsp3) is 0.917. The third kappa shape index (κ3) is 5.57. The molecule has 2 N–H and O–H groups in total. The molecule has 0 aliphatic carbocycles. The van der Waals surface area contributed by atoms with E-state index in [0.29, 0.717) is 12.3 Å². The molecule has 0 aromatic rings. The number of rotatable bonds is 3. The standard InChI is InChI=1S/C12H21F3N2O.ClH/c1-8(2)7-10(16)11(18)17-5-3-9(4-6-17)12(13,14)15;/h8-10H,3-7,16H2,1-2H3;1H/t10-;/m0./s1. The third-order valence-corrected chi connectivity index (χ3v) is 3.31. The van der Waals surface area contributed by atoms with E-state index in [1.807, 2.05) is 13.8 Å². The van der Waals surface area contributed by atoms with Crippen molar-refractivity contribution in [1.29, 1.82) is 0 Å². The van der Waals surface area contributed by atoms with Gasteiger partial charge in [-0.15, -0.1) is 12.4 Å². The molecule has 1 aliphatic heterocycles. The number of likely N-dealkylation sites (tertiary alicyclic amines) is 1. The van der Waals surface area contributed by atoms with Crippen LogP contribution in [0.2, 0.25) is 0 Å². The first kappa shape index (κ1) is 18.5. The number of hydrogen-bond donors (Lipinski definition) is 1. The lowest BCUT2D eigenvalue weighted by molar-refractivity contribution is -0.186. The summed E-state index contributed by atoms with van der Waals surface area (Å²) in [4.78, 5) is 13.4. The molecule has 0 aromatic carbocycles. The Morgan fingerprint density at radius 1 is 1.32 bits per heavy atom. The van der Waals surface area contributed by atoms with Gasteiger partial charge in [-0.3, -0.25) is 4.79 Å². The molecular formula is C12H22ClF3N2O. The summed E-state index contributed by atoms with van der Waals surface area (Å²) in [6, 6.07) is -0.590. The highest BCUT2D eigenvalue weighted by Crippen LogP contribution is 2.34. The molecule has 114 valence electrons. The van der Waals surface area contributed by atoms with Crippen LogP contribution in [0.1, 0.15) is 33.1 Å². The highest BCUT2D eigenvalue weighted by molar-refractivity contribution is 5.85. The summed E-state index contributed by atoms with van der Waals surface area (Å²) in [5, 5.41) is 0. The smallest absolute Gasteiger partial charge is 0.341 e. The second-order valence-electron chi connectivity index (χ2n) is 5.38. The SMILES string of the molecule is CC(C)C[C@H](N)C(=O)N1CCC(C(F)(F)F)CC1.Cl. The molecule has 0 unspecified atom stereocenters. The molecule has 7 heteroatoms. The monoisotopic (exact) mass is 302 g/mol. The summed E-state index contributed by atoms with van der Waals surface area (Å²) in [5.74, 6) is -1.19. The number of nitrogens with two attached hydrogens (primary N) is 1. The highest BCUT2D eigenvalue weighted by Gasteiger charge is 2.42. The molecule has 1 rings (SSSR count). The van der Waals surface area contributed by atoms with E-state index in [9.17, 15) is 18.0 Å². The van der Waals surface area contributed by atoms with Gasteiger partial charge in [0.1, 0.15) is 0 Å². The molecule has 1 heterocycles. The van der Waals surface area contributed by atoms with E-state index in [-0.39, 0.29) is 44.2 Å². The fourth-order valence-electron chi connectivity index (χ4n) is 2.27. The summed E-state index contributed by atoms with van der Waals surface area (Å²) in [6.45, 7) is 4.25. The van der Waals surface area contributed by atoms with Crippen molar-refractivity contribution in [1.82, 2.24) is 4.90 Å². The van der Waals surface area contributed by atoms with Gasteiger partial charge in [-0.05, 0) is 25.2 Å². The van der Waals surface area contributed by atoms with E-state index >= 15 is 0 Å². The topological polar surface area (TPSA) is 46.3 Å². The van der Waals surface area contributed by atoms with Gasteiger partial charge in [-0.25, -0.2) is 0 Å². The van der Waals surface area contributed by atoms with E-state index in [0.717, 1.165) is 0 Å². The summed E-state index contributed by atoms with van der Waals surface area (Å²) in [5.41, 5.74) is 5.76. The first-order valence-corrected chi connectivity index (χ1v) is 6.33. The van der Waals surface area contributed by atoms with E-state index < -0.39 is 18.1 Å². The Hall–Kier alpha value is -0.490. The molecule has 0 saturated carbocycles. The Labute approximate surface area is 118 Å². The zero-order valence-electron chi connectivity index (χ0n) is 11.2. The average Bonchev–Trinajstić information content (AvgIpc) is 2.26. The second-order valence-corrected chi connectivity index (χ2v) is 5.38. The van der Waals surface area contributed by atoms with E-state index in [1.54, 1.807) is 0 Å². The van der Waals surface area contributed by atoms with E-state index in [2.05, 4.69) is 0 Å². The normalized spacial score (nSPS) is 19.2. The van der Waals surface area contributed by atoms with Crippen LogP contribution in [0.4, 0.5) is 13.2 Å². The van der Waals surface area contributed by atoms with Gasteiger partial charge >= 0.3 is 6.18 Å². The lowest BCUT2D eigenvalue weighted by Crippen LogP contribution is -2.49. The van der Waals surface area contributed by atoms with Crippen molar-refractivity contribution in [3.05, 3.63) is 0 Å². The summed E-state index contributed by atoms with van der Waals surface area (Å²) >= 11 is 0. The van der Waals surface area contributed by atoms with Crippen LogP contribution in [-0.4, -0.2) is 36.1 Å². The van der Waals surface area contributed by atoms with Crippen molar-refractivity contribution in [2.24, 2.45) is 17.6 Å². The maximum Gasteiger partial charge on any atom is 0.391 e. The third-order valence-electron chi connectivity index (χ3n) is 3.31. The lowest BCUT2D eigenvalue weighted by Gasteiger charge is -2.34. The van der Waals surface area contributed by atoms with Gasteiger partial charge in [0.25, 0.3) is 0 Å². The summed E-state index contributed by atoms with van der Waals surface area (Å²) < 4.78 is 37.4. The number of nitrogens with zero attached hydrogens (tertiary/aromatic N) is 1. The number of carbonyl (C=O) groups is 1. The van der Waals surface area contributed by atoms with Crippen molar-refractivity contribution in [3.8, 4) is 0 Å². The maximum absolute atomic E-state index is 12.5. The van der Waals surface area contributed by atoms with Crippen molar-refractivity contribution in [2.45, 2.75) is 45.3 Å². The fourth-order valence-corrected chi connectivity index (χ4v) is 2.27. The Bertz CT molecular complexity index is 289. The number of piperidine rings is 1. The van der Waals surface area contributed by atoms with Crippen molar-refractivity contribution in [2.75, 3.05) is 13.1 Å². The van der Waals surface area contributed by atoms with Crippen molar-refractivity contribution in [3.63, 3.8) is 0 Å². The first-order chi connectivity index (χ1) is 8.21. The lowest BCUT2D eigenvalue weighted by atomic mass is 9.95. The Morgan fingerprint density at radius 2 is 1.79 bits per heavy atom. The van der Waals surface area contributed by atoms with Crippen LogP contribution in [0, 0.1) is 11.8 Å². The molecular weight excluding hydrogens is 281 g/mol. The zero-order chi connectivity index (χ0) is 13.9. The van der Waals surface area contributed by atoms with Crippen LogP contribution in [0.25, 0.3) is 0 Å². The molecule has 0 bridgehead atoms. The van der Waals surface area contributed by atoms with Crippen LogP contribution in [-0.2, 0) is 4.79 Å². The van der Waals surface area contributed by atoms with Crippen molar-refractivity contribution >= 4 is 18.3 Å². The number of halogens is 4. The van der Waals surface area contributed by atoms with E-state index in [4.69, 9.17) is 5.73 Å². The molecule has 0 spiro atoms. The average molecular weight is 303 g/mol. The summed E-state index contributed by atoms with van der Waals surface area (Å²) in [7, 11) is 0. The van der Waals surface area contributed by atoms with Gasteiger partial charge in [0.05, 0.1) is 12.0 Å². The predicted octanol–water partition coefficient (Wildman–Crippen LogP) is 2.58. The number of carbonyl (C=O) groups excluding carboxylic acids is 1. The van der Waals surface area contributed by atoms with Crippen molar-refractivity contribution < 1.29 is 18.0 Å². The molecule has 1 amide bonds. The van der Waals surface area contributed by atoms with Gasteiger partial charge in [0.2, 0.25) is 5.91 Å². The van der Waals surface area contributed by atoms with Crippen LogP contribution in [0.5, 0.6) is 0 Å². The second kappa shape index (κ2) is 7.33. The minimum absolute atomic E-state index is 0. The molecule has 19 heavy (non-hydrogen) atoms. The minimum atomic E-state index is -4.14. The molecule has 3 nitrogen and oxygen atoms in total. The number of hydrogen-bond acceptors (Lipinski definition) is 2. The van der Waals surface area contributed by atoms with Crippen LogP contribution >= 0.6 is 12.4 Å². The molecule has 1 saturated heterocycles. The van der Waals surface area contributed by atoms with Crippen LogP contribution in [0.3, 0.4) is 0 Å². The van der Waals surface area contributed by atoms with Gasteiger partial charge in [0, 0.05) is 13.1 Å². The molecule has 0 aromatic heterocycles. The van der Waals surface area contributed by atoms with Gasteiger partial charge in [-0.1, -0.05) is 13.8 Å². The quantitative estimate of drug-likeness (QED) is 0.871. The predicted molar refractivity (Wildman–Crippen MR) is 70.0 cm³/mol. The zero-order valence-corrected chi connectivity index (χ0v) is 12.1. The molecule has 1 aliphatic rings. The van der Waals surface area contributed by atoms with Crippen LogP contribution < -0.4 is 5.73 Å². The highest BCUT2D eigenvalue weighted by atomic mass is 35.5. The molecule has 1 fully saturated rings. The van der Waals surface area contributed by atoms with Gasteiger partial charge < -0.3 is 10.6 Å². The minimum Gasteiger partial charge on any atom is -0.341 e. The molecule has 0 radical (unpaired) electrons. The van der Waals surface area contributed by atoms with Crippen LogP contribution in [0.15, 0.2) is 0 Å². The Kier molecular flexibility index (Phi) is 7.15. The summed E-state index contributed by atoms with van der Waals surface area (Å²) in [6.07, 6.45) is -3.60. The number of alkyl halides is 3. The maximum atomic E-state index is 12.5. The van der Waals surface area contributed by atoms with Gasteiger partial charge in [-0.2, -0.15) is 13.2 Å². The molecule has 1 atom stereocenters. The number of amides is 1. The Balaban J connectivity index is 0.00000324.